The number of hydrogen-bond donors (Lipinski definition) is 3. The topological polar surface area (TPSA) is 113 Å². The molecule has 9 heteroatoms. The number of carbonyl (C=O) groups is 1. The van der Waals surface area contributed by atoms with E-state index in [0.717, 1.165) is 43.5 Å². The van der Waals surface area contributed by atoms with Gasteiger partial charge in [-0.15, -0.1) is 5.10 Å². The highest BCUT2D eigenvalue weighted by Gasteiger charge is 2.56. The Kier molecular flexibility index (Phi) is 5.27. The maximum Gasteiger partial charge on any atom is 0.311 e. The SMILES string of the molecule is O=C(O)Cc1nnnn1Cc1ccc(CNCC23CC4CC(CC(O)(C4)C2)C3)cc1Cl. The predicted octanol–water partition coefficient (Wildman–Crippen LogP) is 2.42. The van der Waals surface area contributed by atoms with E-state index in [0.29, 0.717) is 29.2 Å². The summed E-state index contributed by atoms with van der Waals surface area (Å²) in [7, 11) is 0. The van der Waals surface area contributed by atoms with Gasteiger partial charge in [0.25, 0.3) is 0 Å². The van der Waals surface area contributed by atoms with Gasteiger partial charge in [0.05, 0.1) is 12.1 Å². The maximum atomic E-state index is 10.9. The number of aliphatic hydroxyl groups is 1. The van der Waals surface area contributed by atoms with Gasteiger partial charge in [-0.3, -0.25) is 4.79 Å². The van der Waals surface area contributed by atoms with Gasteiger partial charge in [0.2, 0.25) is 0 Å². The molecule has 3 N–H and O–H groups in total. The van der Waals surface area contributed by atoms with Crippen LogP contribution in [0.2, 0.25) is 5.02 Å². The van der Waals surface area contributed by atoms with Crippen LogP contribution in [0.1, 0.15) is 55.5 Å². The smallest absolute Gasteiger partial charge is 0.311 e. The summed E-state index contributed by atoms with van der Waals surface area (Å²) >= 11 is 6.50. The summed E-state index contributed by atoms with van der Waals surface area (Å²) in [6, 6.07) is 5.92. The molecule has 0 saturated heterocycles. The molecule has 2 aromatic rings. The van der Waals surface area contributed by atoms with Crippen LogP contribution < -0.4 is 5.32 Å². The van der Waals surface area contributed by atoms with E-state index in [9.17, 15) is 9.90 Å². The van der Waals surface area contributed by atoms with Crippen LogP contribution in [0.5, 0.6) is 0 Å². The standard InChI is InChI=1S/C22H28ClN5O3/c23-18-4-14(1-2-17(18)11-28-19(5-20(29)30)25-26-27-28)10-24-13-21-6-15-3-16(7-21)9-22(31,8-15)12-21/h1-2,4,15-16,24,31H,3,5-13H2,(H,29,30). The fraction of sp³-hybridized carbons (Fsp3) is 0.636. The summed E-state index contributed by atoms with van der Waals surface area (Å²) in [5, 5.41) is 35.4. The number of hydrogen-bond acceptors (Lipinski definition) is 6. The molecule has 2 unspecified atom stereocenters. The fourth-order valence-corrected chi connectivity index (χ4v) is 6.94. The summed E-state index contributed by atoms with van der Waals surface area (Å²) in [5.74, 6) is 0.708. The van der Waals surface area contributed by atoms with E-state index in [1.807, 2.05) is 18.2 Å². The van der Waals surface area contributed by atoms with Crippen molar-refractivity contribution in [2.45, 2.75) is 63.6 Å². The number of nitrogens with one attached hydrogen (secondary N) is 1. The van der Waals surface area contributed by atoms with Gasteiger partial charge in [-0.05, 0) is 83.4 Å². The Morgan fingerprint density at radius 1 is 1.26 bits per heavy atom. The van der Waals surface area contributed by atoms with Crippen LogP contribution in [0.4, 0.5) is 0 Å². The quantitative estimate of drug-likeness (QED) is 0.571. The lowest BCUT2D eigenvalue weighted by Gasteiger charge is -2.60. The van der Waals surface area contributed by atoms with Crippen LogP contribution in [-0.4, -0.2) is 48.5 Å². The van der Waals surface area contributed by atoms with Gasteiger partial charge < -0.3 is 15.5 Å². The van der Waals surface area contributed by atoms with E-state index in [1.54, 1.807) is 0 Å². The second-order valence-electron chi connectivity index (χ2n) is 10.0. The Morgan fingerprint density at radius 2 is 2.03 bits per heavy atom. The third kappa shape index (κ3) is 4.33. The Labute approximate surface area is 186 Å². The largest absolute Gasteiger partial charge is 0.481 e. The van der Waals surface area contributed by atoms with Gasteiger partial charge in [0.15, 0.2) is 5.82 Å². The van der Waals surface area contributed by atoms with Crippen molar-refractivity contribution in [3.63, 3.8) is 0 Å². The Hall–Kier alpha value is -2.03. The highest BCUT2D eigenvalue weighted by molar-refractivity contribution is 6.31. The molecular formula is C22H28ClN5O3. The lowest BCUT2D eigenvalue weighted by atomic mass is 9.48. The lowest BCUT2D eigenvalue weighted by molar-refractivity contribution is -0.162. The molecule has 4 saturated carbocycles. The molecule has 4 aliphatic carbocycles. The Balaban J connectivity index is 1.20. The molecule has 1 heterocycles. The Morgan fingerprint density at radius 3 is 2.71 bits per heavy atom. The molecule has 0 aliphatic heterocycles. The highest BCUT2D eigenvalue weighted by atomic mass is 35.5. The van der Waals surface area contributed by atoms with Gasteiger partial charge in [-0.2, -0.15) is 0 Å². The van der Waals surface area contributed by atoms with E-state index in [-0.39, 0.29) is 11.8 Å². The van der Waals surface area contributed by atoms with Crippen LogP contribution in [-0.2, 0) is 24.3 Å². The van der Waals surface area contributed by atoms with E-state index in [4.69, 9.17) is 16.7 Å². The molecule has 8 nitrogen and oxygen atoms in total. The van der Waals surface area contributed by atoms with Crippen LogP contribution in [0.15, 0.2) is 18.2 Å². The molecule has 4 bridgehead atoms. The number of carboxylic acid groups (broad SMARTS) is 1. The molecule has 4 aliphatic rings. The van der Waals surface area contributed by atoms with Gasteiger partial charge in [-0.25, -0.2) is 4.68 Å². The number of tetrazole rings is 1. The molecular weight excluding hydrogens is 418 g/mol. The van der Waals surface area contributed by atoms with Gasteiger partial charge in [-0.1, -0.05) is 23.7 Å². The Bertz CT molecular complexity index is 979. The molecule has 0 radical (unpaired) electrons. The van der Waals surface area contributed by atoms with E-state index in [1.165, 1.54) is 23.9 Å². The molecule has 2 atom stereocenters. The molecule has 0 spiro atoms. The van der Waals surface area contributed by atoms with Gasteiger partial charge >= 0.3 is 5.97 Å². The fourth-order valence-electron chi connectivity index (χ4n) is 6.68. The number of halogens is 1. The van der Waals surface area contributed by atoms with Crippen LogP contribution in [0, 0.1) is 17.3 Å². The number of aromatic nitrogens is 4. The summed E-state index contributed by atoms with van der Waals surface area (Å²) in [6.07, 6.45) is 6.48. The van der Waals surface area contributed by atoms with Crippen LogP contribution in [0.25, 0.3) is 0 Å². The summed E-state index contributed by atoms with van der Waals surface area (Å²) in [4.78, 5) is 10.9. The van der Waals surface area contributed by atoms with Crippen LogP contribution >= 0.6 is 11.6 Å². The van der Waals surface area contributed by atoms with Crippen LogP contribution in [0.3, 0.4) is 0 Å². The molecule has 31 heavy (non-hydrogen) atoms. The number of nitrogens with zero attached hydrogens (tertiary/aromatic N) is 4. The normalized spacial score (nSPS) is 31.3. The third-order valence-corrected chi connectivity index (χ3v) is 7.69. The molecule has 4 fully saturated rings. The first-order chi connectivity index (χ1) is 14.8. The van der Waals surface area contributed by atoms with E-state index in [2.05, 4.69) is 20.8 Å². The number of benzene rings is 1. The van der Waals surface area contributed by atoms with Gasteiger partial charge in [0.1, 0.15) is 6.42 Å². The van der Waals surface area contributed by atoms with Crippen molar-refractivity contribution in [2.75, 3.05) is 6.54 Å². The van der Waals surface area contributed by atoms with Crippen molar-refractivity contribution in [3.8, 4) is 0 Å². The first-order valence-corrected chi connectivity index (χ1v) is 11.4. The lowest BCUT2D eigenvalue weighted by Crippen LogP contribution is -2.58. The summed E-state index contributed by atoms with van der Waals surface area (Å²) < 4.78 is 1.46. The molecule has 6 rings (SSSR count). The van der Waals surface area contributed by atoms with Crippen molar-refractivity contribution < 1.29 is 15.0 Å². The average molecular weight is 446 g/mol. The number of rotatable bonds is 8. The minimum absolute atomic E-state index is 0.231. The number of carboxylic acids is 1. The van der Waals surface area contributed by atoms with Crippen molar-refractivity contribution in [2.24, 2.45) is 17.3 Å². The van der Waals surface area contributed by atoms with Crippen molar-refractivity contribution in [3.05, 3.63) is 40.2 Å². The first-order valence-electron chi connectivity index (χ1n) is 11.0. The van der Waals surface area contributed by atoms with Crippen molar-refractivity contribution in [1.29, 1.82) is 0 Å². The van der Waals surface area contributed by atoms with E-state index >= 15 is 0 Å². The monoisotopic (exact) mass is 445 g/mol. The van der Waals surface area contributed by atoms with Crippen molar-refractivity contribution >= 4 is 17.6 Å². The zero-order valence-electron chi connectivity index (χ0n) is 17.4. The summed E-state index contributed by atoms with van der Waals surface area (Å²) in [6.45, 7) is 1.99. The minimum atomic E-state index is -0.977. The number of aliphatic carboxylic acids is 1. The first kappa shape index (κ1) is 20.8. The molecule has 0 amide bonds. The van der Waals surface area contributed by atoms with Crippen molar-refractivity contribution in [1.82, 2.24) is 25.5 Å². The second kappa shape index (κ2) is 7.83. The van der Waals surface area contributed by atoms with E-state index < -0.39 is 11.6 Å². The minimum Gasteiger partial charge on any atom is -0.481 e. The zero-order chi connectivity index (χ0) is 21.6. The summed E-state index contributed by atoms with van der Waals surface area (Å²) in [5.41, 5.74) is 1.75. The average Bonchev–Trinajstić information content (AvgIpc) is 3.07. The molecule has 1 aromatic heterocycles. The zero-order valence-corrected chi connectivity index (χ0v) is 18.2. The van der Waals surface area contributed by atoms with Gasteiger partial charge in [0, 0.05) is 18.1 Å². The second-order valence-corrected chi connectivity index (χ2v) is 10.4. The highest BCUT2D eigenvalue weighted by Crippen LogP contribution is 2.61. The maximum absolute atomic E-state index is 10.9. The third-order valence-electron chi connectivity index (χ3n) is 7.33. The predicted molar refractivity (Wildman–Crippen MR) is 113 cm³/mol. The molecule has 1 aromatic carbocycles. The molecule has 166 valence electrons.